The fourth-order valence-corrected chi connectivity index (χ4v) is 3.74. The van der Waals surface area contributed by atoms with Crippen molar-refractivity contribution in [2.45, 2.75) is 72.6 Å². The van der Waals surface area contributed by atoms with Crippen LogP contribution in [0.5, 0.6) is 0 Å². The fraction of sp³-hybridized carbons (Fsp3) is 0.367. The molecule has 0 fully saturated rings. The first-order chi connectivity index (χ1) is 16.0. The Morgan fingerprint density at radius 1 is 0.667 bits per heavy atom. The van der Waals surface area contributed by atoms with Gasteiger partial charge in [-0.1, -0.05) is 108 Å². The van der Waals surface area contributed by atoms with Crippen molar-refractivity contribution in [3.8, 4) is 22.3 Å². The Labute approximate surface area is 197 Å². The third-order valence-corrected chi connectivity index (χ3v) is 5.71. The molecule has 3 heteroatoms. The lowest BCUT2D eigenvalue weighted by molar-refractivity contribution is 0.0980. The molecule has 0 aliphatic heterocycles. The Morgan fingerprint density at radius 3 is 1.79 bits per heavy atom. The molecule has 0 spiro atoms. The molecule has 0 amide bonds. The van der Waals surface area contributed by atoms with Crippen LogP contribution in [-0.2, 0) is 6.42 Å². The molecule has 0 aromatic heterocycles. The van der Waals surface area contributed by atoms with Gasteiger partial charge in [0.25, 0.3) is 0 Å². The highest BCUT2D eigenvalue weighted by Gasteiger charge is 2.15. The molecule has 0 bridgehead atoms. The number of halogens is 2. The van der Waals surface area contributed by atoms with Gasteiger partial charge in [-0.25, -0.2) is 8.78 Å². The Bertz CT molecular complexity index is 1000. The van der Waals surface area contributed by atoms with Gasteiger partial charge in [-0.3, -0.25) is 4.79 Å². The molecule has 3 aromatic carbocycles. The van der Waals surface area contributed by atoms with Crippen molar-refractivity contribution in [3.63, 3.8) is 0 Å². The largest absolute Gasteiger partial charge is 0.294 e. The molecule has 0 aliphatic carbocycles. The molecular formula is C30H36F2O. The average Bonchev–Trinajstić information content (AvgIpc) is 2.87. The summed E-state index contributed by atoms with van der Waals surface area (Å²) in [5, 5.41) is 0. The maximum absolute atomic E-state index is 14.7. The molecule has 33 heavy (non-hydrogen) atoms. The maximum Gasteiger partial charge on any atom is 0.166 e. The second-order valence-corrected chi connectivity index (χ2v) is 8.04. The summed E-state index contributed by atoms with van der Waals surface area (Å²) in [6.45, 7) is 8.16. The van der Waals surface area contributed by atoms with Crippen molar-refractivity contribution < 1.29 is 13.6 Å². The van der Waals surface area contributed by atoms with Crippen LogP contribution in [0.4, 0.5) is 8.78 Å². The van der Waals surface area contributed by atoms with Crippen LogP contribution in [0.2, 0.25) is 0 Å². The van der Waals surface area contributed by atoms with E-state index in [9.17, 15) is 13.6 Å². The molecule has 176 valence electrons. The third kappa shape index (κ3) is 7.08. The molecule has 0 aliphatic rings. The molecule has 3 rings (SSSR count). The molecule has 3 aromatic rings. The van der Waals surface area contributed by atoms with Gasteiger partial charge in [-0.2, -0.15) is 0 Å². The summed E-state index contributed by atoms with van der Waals surface area (Å²) in [7, 11) is 0. The van der Waals surface area contributed by atoms with Gasteiger partial charge in [-0.05, 0) is 41.5 Å². The van der Waals surface area contributed by atoms with Crippen LogP contribution in [0, 0.1) is 11.6 Å². The van der Waals surface area contributed by atoms with Crippen molar-refractivity contribution in [1.82, 2.24) is 0 Å². The van der Waals surface area contributed by atoms with Crippen LogP contribution < -0.4 is 0 Å². The zero-order valence-electron chi connectivity index (χ0n) is 20.4. The van der Waals surface area contributed by atoms with Gasteiger partial charge >= 0.3 is 0 Å². The van der Waals surface area contributed by atoms with Gasteiger partial charge in [0.2, 0.25) is 0 Å². The predicted molar refractivity (Wildman–Crippen MR) is 136 cm³/mol. The minimum absolute atomic E-state index is 0.166. The van der Waals surface area contributed by atoms with Gasteiger partial charge in [-0.15, -0.1) is 0 Å². The molecular weight excluding hydrogens is 414 g/mol. The van der Waals surface area contributed by atoms with Crippen molar-refractivity contribution in [3.05, 3.63) is 83.4 Å². The maximum atomic E-state index is 14.7. The number of carbonyl (C=O) groups is 1. The highest BCUT2D eigenvalue weighted by Crippen LogP contribution is 2.29. The summed E-state index contributed by atoms with van der Waals surface area (Å²) >= 11 is 0. The second-order valence-electron chi connectivity index (χ2n) is 8.04. The van der Waals surface area contributed by atoms with Gasteiger partial charge in [0.1, 0.15) is 0 Å². The molecule has 0 atom stereocenters. The van der Waals surface area contributed by atoms with Crippen LogP contribution in [0.25, 0.3) is 22.3 Å². The number of hydrogen-bond donors (Lipinski definition) is 0. The van der Waals surface area contributed by atoms with Crippen molar-refractivity contribution in [2.24, 2.45) is 0 Å². The number of unbranched alkanes of at least 4 members (excludes halogenated alkanes) is 3. The SMILES string of the molecule is CC.CCCCCc1ccc(-c2ccc(-c3ccc(C(=O)CCCC)cc3)cc2)c(F)c1F. The number of benzene rings is 3. The number of rotatable bonds is 10. The first-order valence-corrected chi connectivity index (χ1v) is 12.3. The minimum atomic E-state index is -0.781. The highest BCUT2D eigenvalue weighted by molar-refractivity contribution is 5.96. The van der Waals surface area contributed by atoms with Gasteiger partial charge < -0.3 is 0 Å². The van der Waals surface area contributed by atoms with Crippen LogP contribution >= 0.6 is 0 Å². The smallest absolute Gasteiger partial charge is 0.166 e. The lowest BCUT2D eigenvalue weighted by atomic mass is 9.96. The Hall–Kier alpha value is -2.81. The molecule has 0 radical (unpaired) electrons. The van der Waals surface area contributed by atoms with Crippen LogP contribution in [-0.4, -0.2) is 5.78 Å². The zero-order chi connectivity index (χ0) is 24.2. The van der Waals surface area contributed by atoms with E-state index in [0.29, 0.717) is 24.0 Å². The van der Waals surface area contributed by atoms with E-state index in [-0.39, 0.29) is 11.3 Å². The Balaban J connectivity index is 0.00000187. The number of Topliss-reactive ketones (excluding diaryl/α,β-unsaturated/α-hetero) is 1. The summed E-state index contributed by atoms with van der Waals surface area (Å²) in [6, 6.07) is 18.4. The highest BCUT2D eigenvalue weighted by atomic mass is 19.2. The average molecular weight is 451 g/mol. The van der Waals surface area contributed by atoms with Crippen molar-refractivity contribution >= 4 is 5.78 Å². The lowest BCUT2D eigenvalue weighted by Gasteiger charge is -2.10. The lowest BCUT2D eigenvalue weighted by Crippen LogP contribution is -1.98. The minimum Gasteiger partial charge on any atom is -0.294 e. The zero-order valence-corrected chi connectivity index (χ0v) is 20.4. The molecule has 0 saturated heterocycles. The number of hydrogen-bond acceptors (Lipinski definition) is 1. The first kappa shape index (κ1) is 26.4. The van der Waals surface area contributed by atoms with E-state index in [1.165, 1.54) is 0 Å². The van der Waals surface area contributed by atoms with Crippen molar-refractivity contribution in [2.75, 3.05) is 0 Å². The Kier molecular flexibility index (Phi) is 11.0. The van der Waals surface area contributed by atoms with E-state index >= 15 is 0 Å². The summed E-state index contributed by atoms with van der Waals surface area (Å²) < 4.78 is 29.2. The number of aryl methyl sites for hydroxylation is 1. The van der Waals surface area contributed by atoms with E-state index in [4.69, 9.17) is 0 Å². The molecule has 0 N–H and O–H groups in total. The van der Waals surface area contributed by atoms with E-state index in [0.717, 1.165) is 48.8 Å². The van der Waals surface area contributed by atoms with Crippen LogP contribution in [0.1, 0.15) is 82.1 Å². The quantitative estimate of drug-likeness (QED) is 0.222. The molecule has 0 heterocycles. The second kappa shape index (κ2) is 13.7. The van der Waals surface area contributed by atoms with Gasteiger partial charge in [0, 0.05) is 17.5 Å². The summed E-state index contributed by atoms with van der Waals surface area (Å²) in [5.41, 5.74) is 4.04. The molecule has 0 unspecified atom stereocenters. The topological polar surface area (TPSA) is 17.1 Å². The van der Waals surface area contributed by atoms with E-state index < -0.39 is 11.6 Å². The molecule has 1 nitrogen and oxygen atoms in total. The van der Waals surface area contributed by atoms with Crippen molar-refractivity contribution in [1.29, 1.82) is 0 Å². The standard InChI is InChI=1S/C28H30F2O.C2H6/c1-3-5-7-8-24-18-19-25(28(30)27(24)29)22-14-10-20(11-15-22)21-12-16-23(17-13-21)26(31)9-6-4-2;1-2/h10-19H,3-9H2,1-2H3;1-2H3. The first-order valence-electron chi connectivity index (χ1n) is 12.3. The Morgan fingerprint density at radius 2 is 1.21 bits per heavy atom. The van der Waals surface area contributed by atoms with E-state index in [1.54, 1.807) is 12.1 Å². The summed E-state index contributed by atoms with van der Waals surface area (Å²) in [4.78, 5) is 12.1. The predicted octanol–water partition coefficient (Wildman–Crippen LogP) is 9.43. The van der Waals surface area contributed by atoms with Crippen LogP contribution in [0.3, 0.4) is 0 Å². The third-order valence-electron chi connectivity index (χ3n) is 5.71. The van der Waals surface area contributed by atoms with E-state index in [2.05, 4.69) is 13.8 Å². The number of ketones is 1. The summed E-state index contributed by atoms with van der Waals surface area (Å²) in [6.07, 6.45) is 5.96. The normalized spacial score (nSPS) is 10.5. The fourth-order valence-electron chi connectivity index (χ4n) is 3.74. The summed E-state index contributed by atoms with van der Waals surface area (Å²) in [5.74, 6) is -1.35. The van der Waals surface area contributed by atoms with Gasteiger partial charge in [0.05, 0.1) is 0 Å². The monoisotopic (exact) mass is 450 g/mol. The molecule has 0 saturated carbocycles. The number of carbonyl (C=O) groups excluding carboxylic acids is 1. The van der Waals surface area contributed by atoms with E-state index in [1.807, 2.05) is 62.4 Å². The van der Waals surface area contributed by atoms with Crippen LogP contribution in [0.15, 0.2) is 60.7 Å². The van der Waals surface area contributed by atoms with Gasteiger partial charge in [0.15, 0.2) is 17.4 Å².